The minimum absolute atomic E-state index is 0.0101. The van der Waals surface area contributed by atoms with Crippen LogP contribution in [0.15, 0.2) is 6.07 Å². The van der Waals surface area contributed by atoms with E-state index < -0.39 is 17.8 Å². The molecule has 1 aromatic heterocycles. The predicted octanol–water partition coefficient (Wildman–Crippen LogP) is 0.841. The number of primary amides is 1. The summed E-state index contributed by atoms with van der Waals surface area (Å²) in [7, 11) is 0. The second-order valence-electron chi connectivity index (χ2n) is 3.94. The molecule has 0 bridgehead atoms. The summed E-state index contributed by atoms with van der Waals surface area (Å²) in [4.78, 5) is 17.7. The van der Waals surface area contributed by atoms with Crippen LogP contribution in [-0.2, 0) is 15.7 Å². The van der Waals surface area contributed by atoms with Gasteiger partial charge in [0.05, 0.1) is 6.61 Å². The van der Waals surface area contributed by atoms with Gasteiger partial charge in [0, 0.05) is 19.2 Å². The molecule has 0 radical (unpaired) electrons. The van der Waals surface area contributed by atoms with E-state index in [-0.39, 0.29) is 31.5 Å². The van der Waals surface area contributed by atoms with Crippen molar-refractivity contribution in [2.45, 2.75) is 13.1 Å². The van der Waals surface area contributed by atoms with Crippen LogP contribution in [0.5, 0.6) is 0 Å². The molecule has 0 aliphatic heterocycles. The van der Waals surface area contributed by atoms with Gasteiger partial charge in [-0.1, -0.05) is 0 Å². The van der Waals surface area contributed by atoms with Gasteiger partial charge in [-0.15, -0.1) is 0 Å². The Morgan fingerprint density at radius 2 is 2.10 bits per heavy atom. The molecule has 0 fully saturated rings. The Morgan fingerprint density at radius 3 is 2.67 bits per heavy atom. The normalized spacial score (nSPS) is 11.2. The molecule has 0 saturated carbocycles. The molecule has 0 unspecified atom stereocenters. The third-order valence-corrected chi connectivity index (χ3v) is 2.15. The van der Waals surface area contributed by atoms with Gasteiger partial charge in [-0.2, -0.15) is 18.2 Å². The first kappa shape index (κ1) is 17.0. The van der Waals surface area contributed by atoms with Gasteiger partial charge in [0.1, 0.15) is 12.4 Å². The van der Waals surface area contributed by atoms with Gasteiger partial charge in [-0.25, -0.2) is 4.98 Å². The zero-order chi connectivity index (χ0) is 15.9. The van der Waals surface area contributed by atoms with E-state index in [2.05, 4.69) is 20.6 Å². The molecule has 0 aliphatic carbocycles. The molecule has 7 nitrogen and oxygen atoms in total. The van der Waals surface area contributed by atoms with E-state index in [1.807, 2.05) is 0 Å². The highest BCUT2D eigenvalue weighted by Crippen LogP contribution is 2.29. The molecule has 1 heterocycles. The maximum absolute atomic E-state index is 12.7. The number of rotatable bonds is 8. The molecule has 0 saturated heterocycles. The second-order valence-corrected chi connectivity index (χ2v) is 3.94. The van der Waals surface area contributed by atoms with E-state index >= 15 is 0 Å². The molecule has 118 valence electrons. The van der Waals surface area contributed by atoms with Crippen LogP contribution in [0.2, 0.25) is 0 Å². The van der Waals surface area contributed by atoms with Crippen molar-refractivity contribution in [2.75, 3.05) is 36.9 Å². The Balaban J connectivity index is 2.67. The van der Waals surface area contributed by atoms with E-state index in [9.17, 15) is 18.0 Å². The van der Waals surface area contributed by atoms with Crippen LogP contribution in [0.3, 0.4) is 0 Å². The minimum Gasteiger partial charge on any atom is -0.370 e. The quantitative estimate of drug-likeness (QED) is 0.615. The molecule has 1 amide bonds. The zero-order valence-corrected chi connectivity index (χ0v) is 11.3. The average Bonchev–Trinajstić information content (AvgIpc) is 2.37. The highest BCUT2D eigenvalue weighted by Gasteiger charge is 2.33. The van der Waals surface area contributed by atoms with Crippen LogP contribution in [0, 0.1) is 0 Å². The SMILES string of the molecule is CCNc1nc(NCCOCC(N)=O)cc(C(F)(F)F)n1. The van der Waals surface area contributed by atoms with Crippen molar-refractivity contribution in [1.82, 2.24) is 9.97 Å². The van der Waals surface area contributed by atoms with E-state index in [1.54, 1.807) is 6.92 Å². The van der Waals surface area contributed by atoms with Crippen molar-refractivity contribution >= 4 is 17.7 Å². The number of anilines is 2. The Labute approximate surface area is 119 Å². The molecule has 0 spiro atoms. The van der Waals surface area contributed by atoms with Crippen molar-refractivity contribution in [1.29, 1.82) is 0 Å². The summed E-state index contributed by atoms with van der Waals surface area (Å²) in [5, 5.41) is 5.28. The molecule has 4 N–H and O–H groups in total. The van der Waals surface area contributed by atoms with Gasteiger partial charge >= 0.3 is 6.18 Å². The Kier molecular flexibility index (Phi) is 6.15. The number of alkyl halides is 3. The number of aromatic nitrogens is 2. The third kappa shape index (κ3) is 6.25. The van der Waals surface area contributed by atoms with E-state index in [0.717, 1.165) is 6.07 Å². The molecule has 21 heavy (non-hydrogen) atoms. The van der Waals surface area contributed by atoms with Crippen molar-refractivity contribution < 1.29 is 22.7 Å². The first-order valence-corrected chi connectivity index (χ1v) is 6.13. The molecular weight excluding hydrogens is 291 g/mol. The Morgan fingerprint density at radius 1 is 1.38 bits per heavy atom. The summed E-state index contributed by atoms with van der Waals surface area (Å²) < 4.78 is 43.0. The molecule has 0 aromatic carbocycles. The summed E-state index contributed by atoms with van der Waals surface area (Å²) in [5.74, 6) is -0.727. The van der Waals surface area contributed by atoms with Crippen LogP contribution in [0.25, 0.3) is 0 Å². The van der Waals surface area contributed by atoms with E-state index in [0.29, 0.717) is 6.54 Å². The topological polar surface area (TPSA) is 102 Å². The Bertz CT molecular complexity index is 481. The van der Waals surface area contributed by atoms with E-state index in [4.69, 9.17) is 10.5 Å². The van der Waals surface area contributed by atoms with Gasteiger partial charge < -0.3 is 21.1 Å². The molecule has 10 heteroatoms. The minimum atomic E-state index is -4.56. The zero-order valence-electron chi connectivity index (χ0n) is 11.3. The number of hydrogen-bond donors (Lipinski definition) is 3. The average molecular weight is 307 g/mol. The standard InChI is InChI=1S/C11H16F3N5O2/c1-2-16-10-18-7(11(12,13)14)5-9(19-10)17-3-4-21-6-8(15)20/h5H,2-4,6H2,1H3,(H2,15,20)(H2,16,17,18,19). The molecule has 0 atom stereocenters. The summed E-state index contributed by atoms with van der Waals surface area (Å²) >= 11 is 0. The highest BCUT2D eigenvalue weighted by molar-refractivity contribution is 5.74. The van der Waals surface area contributed by atoms with Gasteiger partial charge in [0.2, 0.25) is 11.9 Å². The van der Waals surface area contributed by atoms with Gasteiger partial charge in [-0.3, -0.25) is 4.79 Å². The molecule has 0 aliphatic rings. The summed E-state index contributed by atoms with van der Waals surface area (Å²) in [5.41, 5.74) is 3.82. The van der Waals surface area contributed by atoms with Crippen LogP contribution in [0.1, 0.15) is 12.6 Å². The van der Waals surface area contributed by atoms with Gasteiger partial charge in [-0.05, 0) is 6.92 Å². The van der Waals surface area contributed by atoms with Crippen molar-refractivity contribution in [3.05, 3.63) is 11.8 Å². The first-order valence-electron chi connectivity index (χ1n) is 6.13. The highest BCUT2D eigenvalue weighted by atomic mass is 19.4. The first-order chi connectivity index (χ1) is 9.82. The van der Waals surface area contributed by atoms with Crippen LogP contribution in [-0.4, -0.2) is 42.2 Å². The number of hydrogen-bond acceptors (Lipinski definition) is 6. The lowest BCUT2D eigenvalue weighted by molar-refractivity contribution is -0.141. The van der Waals surface area contributed by atoms with Crippen molar-refractivity contribution in [3.8, 4) is 0 Å². The maximum atomic E-state index is 12.7. The lowest BCUT2D eigenvalue weighted by Gasteiger charge is -2.12. The van der Waals surface area contributed by atoms with E-state index in [1.165, 1.54) is 0 Å². The van der Waals surface area contributed by atoms with Gasteiger partial charge in [0.15, 0.2) is 5.69 Å². The number of carbonyl (C=O) groups excluding carboxylic acids is 1. The molecule has 1 rings (SSSR count). The fourth-order valence-electron chi connectivity index (χ4n) is 1.34. The maximum Gasteiger partial charge on any atom is 0.433 e. The molecule has 1 aromatic rings. The monoisotopic (exact) mass is 307 g/mol. The summed E-state index contributed by atoms with van der Waals surface area (Å²) in [6.45, 7) is 2.14. The fraction of sp³-hybridized carbons (Fsp3) is 0.545. The number of nitrogens with one attached hydrogen (secondary N) is 2. The van der Waals surface area contributed by atoms with Gasteiger partial charge in [0.25, 0.3) is 0 Å². The van der Waals surface area contributed by atoms with Crippen molar-refractivity contribution in [2.24, 2.45) is 5.73 Å². The predicted molar refractivity (Wildman–Crippen MR) is 69.7 cm³/mol. The van der Waals surface area contributed by atoms with Crippen LogP contribution >= 0.6 is 0 Å². The lowest BCUT2D eigenvalue weighted by atomic mass is 10.3. The summed E-state index contributed by atoms with van der Waals surface area (Å²) in [6, 6.07) is 0.801. The number of nitrogens with zero attached hydrogens (tertiary/aromatic N) is 2. The largest absolute Gasteiger partial charge is 0.433 e. The van der Waals surface area contributed by atoms with Crippen LogP contribution in [0.4, 0.5) is 24.9 Å². The lowest BCUT2D eigenvalue weighted by Crippen LogP contribution is -2.21. The fourth-order valence-corrected chi connectivity index (χ4v) is 1.34. The second kappa shape index (κ2) is 7.62. The van der Waals surface area contributed by atoms with Crippen LogP contribution < -0.4 is 16.4 Å². The van der Waals surface area contributed by atoms with Crippen molar-refractivity contribution in [3.63, 3.8) is 0 Å². The number of ether oxygens (including phenoxy) is 1. The number of amides is 1. The number of nitrogens with two attached hydrogens (primary N) is 1. The number of carbonyl (C=O) groups is 1. The molecular formula is C11H16F3N5O2. The third-order valence-electron chi connectivity index (χ3n) is 2.15. The summed E-state index contributed by atoms with van der Waals surface area (Å²) in [6.07, 6.45) is -4.56. The number of halogens is 3. The smallest absolute Gasteiger partial charge is 0.370 e. The Hall–Kier alpha value is -2.10.